The molecule has 0 radical (unpaired) electrons. The van der Waals surface area contributed by atoms with E-state index in [2.05, 4.69) is 21.5 Å². The van der Waals surface area contributed by atoms with Crippen molar-refractivity contribution in [1.82, 2.24) is 21.5 Å². The van der Waals surface area contributed by atoms with E-state index in [0.29, 0.717) is 11.7 Å². The lowest BCUT2D eigenvalue weighted by atomic mass is 10.5. The van der Waals surface area contributed by atoms with Gasteiger partial charge in [-0.15, -0.1) is 0 Å². The van der Waals surface area contributed by atoms with Crippen molar-refractivity contribution in [3.63, 3.8) is 0 Å². The van der Waals surface area contributed by atoms with Crippen LogP contribution in [0.25, 0.3) is 0 Å². The molecule has 0 aliphatic carbocycles. The minimum absolute atomic E-state index is 0.282. The zero-order chi connectivity index (χ0) is 10.1. The third kappa shape index (κ3) is 6.83. The third-order valence-electron chi connectivity index (χ3n) is 1.04. The average molecular weight is 201 g/mol. The fraction of sp³-hybridized carbons (Fsp3) is 0.500. The number of nitrogens with zero attached hydrogens (tertiary/aromatic N) is 1. The molecule has 0 unspecified atom stereocenters. The molecule has 6 nitrogen and oxygen atoms in total. The van der Waals surface area contributed by atoms with Gasteiger partial charge in [-0.25, -0.2) is 10.2 Å². The molecule has 0 bridgehead atoms. The summed E-state index contributed by atoms with van der Waals surface area (Å²) in [6.07, 6.45) is 0.282. The molecular formula is C6H11N5OS. The van der Waals surface area contributed by atoms with Crippen LogP contribution in [0.15, 0.2) is 0 Å². The number of rotatable bonds is 2. The molecule has 0 rings (SSSR count). The van der Waals surface area contributed by atoms with Crippen molar-refractivity contribution in [2.24, 2.45) is 0 Å². The lowest BCUT2D eigenvalue weighted by Gasteiger charge is -2.08. The molecule has 0 aliphatic rings. The zero-order valence-corrected chi connectivity index (χ0v) is 7.99. The van der Waals surface area contributed by atoms with Crippen LogP contribution in [0.4, 0.5) is 4.79 Å². The normalized spacial score (nSPS) is 8.00. The van der Waals surface area contributed by atoms with Crippen LogP contribution >= 0.6 is 12.2 Å². The quantitative estimate of drug-likeness (QED) is 0.267. The highest BCUT2D eigenvalue weighted by molar-refractivity contribution is 7.80. The van der Waals surface area contributed by atoms with E-state index < -0.39 is 6.03 Å². The smallest absolute Gasteiger partial charge is 0.333 e. The molecular weight excluding hydrogens is 190 g/mol. The van der Waals surface area contributed by atoms with E-state index in [0.717, 1.165) is 0 Å². The molecule has 0 spiro atoms. The SMILES string of the molecule is CNC(=S)NNC(=O)NCCC#N. The molecule has 7 heteroatoms. The first-order valence-electron chi connectivity index (χ1n) is 3.59. The maximum absolute atomic E-state index is 10.9. The fourth-order valence-corrected chi connectivity index (χ4v) is 0.503. The predicted molar refractivity (Wildman–Crippen MR) is 51.6 cm³/mol. The summed E-state index contributed by atoms with van der Waals surface area (Å²) < 4.78 is 0. The van der Waals surface area contributed by atoms with Gasteiger partial charge in [-0.2, -0.15) is 5.26 Å². The van der Waals surface area contributed by atoms with Crippen molar-refractivity contribution >= 4 is 23.4 Å². The Morgan fingerprint density at radius 1 is 1.54 bits per heavy atom. The first-order chi connectivity index (χ1) is 6.20. The number of carbonyl (C=O) groups is 1. The first-order valence-corrected chi connectivity index (χ1v) is 4.00. The number of amides is 2. The van der Waals surface area contributed by atoms with Gasteiger partial charge in [0.15, 0.2) is 5.11 Å². The molecule has 0 aromatic rings. The monoisotopic (exact) mass is 201 g/mol. The molecule has 72 valence electrons. The number of hydrogen-bond donors (Lipinski definition) is 4. The second kappa shape index (κ2) is 7.12. The first kappa shape index (κ1) is 11.4. The van der Waals surface area contributed by atoms with Gasteiger partial charge in [-0.1, -0.05) is 0 Å². The summed E-state index contributed by atoms with van der Waals surface area (Å²) in [6, 6.07) is 1.47. The highest BCUT2D eigenvalue weighted by atomic mass is 32.1. The highest BCUT2D eigenvalue weighted by Crippen LogP contribution is 1.70. The topological polar surface area (TPSA) is 89.0 Å². The predicted octanol–water partition coefficient (Wildman–Crippen LogP) is -0.792. The van der Waals surface area contributed by atoms with Crippen LogP contribution in [-0.4, -0.2) is 24.7 Å². The van der Waals surface area contributed by atoms with Crippen molar-refractivity contribution < 1.29 is 4.79 Å². The van der Waals surface area contributed by atoms with E-state index in [-0.39, 0.29) is 6.42 Å². The number of nitriles is 1. The number of carbonyl (C=O) groups excluding carboxylic acids is 1. The van der Waals surface area contributed by atoms with Gasteiger partial charge in [0, 0.05) is 13.6 Å². The van der Waals surface area contributed by atoms with Gasteiger partial charge < -0.3 is 10.6 Å². The second-order valence-corrected chi connectivity index (χ2v) is 2.40. The lowest BCUT2D eigenvalue weighted by Crippen LogP contribution is -2.49. The number of hydrazine groups is 1. The van der Waals surface area contributed by atoms with Crippen LogP contribution < -0.4 is 21.5 Å². The molecule has 0 aliphatic heterocycles. The molecule has 0 atom stereocenters. The Morgan fingerprint density at radius 2 is 2.23 bits per heavy atom. The molecule has 0 saturated carbocycles. The minimum Gasteiger partial charge on any atom is -0.364 e. The average Bonchev–Trinajstić information content (AvgIpc) is 2.14. The van der Waals surface area contributed by atoms with E-state index in [1.165, 1.54) is 0 Å². The Bertz CT molecular complexity index is 224. The van der Waals surface area contributed by atoms with E-state index in [4.69, 9.17) is 17.5 Å². The Morgan fingerprint density at radius 3 is 2.77 bits per heavy atom. The molecule has 0 aromatic heterocycles. The number of hydrogen-bond acceptors (Lipinski definition) is 3. The number of nitrogens with one attached hydrogen (secondary N) is 4. The van der Waals surface area contributed by atoms with Gasteiger partial charge in [-0.3, -0.25) is 5.43 Å². The van der Waals surface area contributed by atoms with Crippen LogP contribution in [0.3, 0.4) is 0 Å². The Labute approximate surface area is 81.6 Å². The summed E-state index contributed by atoms with van der Waals surface area (Å²) in [7, 11) is 1.63. The van der Waals surface area contributed by atoms with Crippen LogP contribution in [0, 0.1) is 11.3 Å². The van der Waals surface area contributed by atoms with E-state index >= 15 is 0 Å². The summed E-state index contributed by atoms with van der Waals surface area (Å²) in [4.78, 5) is 10.9. The van der Waals surface area contributed by atoms with Crippen molar-refractivity contribution in [2.45, 2.75) is 6.42 Å². The molecule has 13 heavy (non-hydrogen) atoms. The summed E-state index contributed by atoms with van der Waals surface area (Å²) >= 11 is 4.69. The summed E-state index contributed by atoms with van der Waals surface area (Å²) in [5.41, 5.74) is 4.71. The van der Waals surface area contributed by atoms with Crippen LogP contribution in [0.1, 0.15) is 6.42 Å². The number of thiocarbonyl (C=S) groups is 1. The molecule has 0 heterocycles. The van der Waals surface area contributed by atoms with E-state index in [1.54, 1.807) is 7.05 Å². The Hall–Kier alpha value is -1.55. The molecule has 4 N–H and O–H groups in total. The van der Waals surface area contributed by atoms with Crippen molar-refractivity contribution in [3.05, 3.63) is 0 Å². The summed E-state index contributed by atoms with van der Waals surface area (Å²) in [5.74, 6) is 0. The zero-order valence-electron chi connectivity index (χ0n) is 7.18. The van der Waals surface area contributed by atoms with Crippen molar-refractivity contribution in [3.8, 4) is 6.07 Å². The maximum Gasteiger partial charge on any atom is 0.333 e. The van der Waals surface area contributed by atoms with E-state index in [9.17, 15) is 4.79 Å². The van der Waals surface area contributed by atoms with Gasteiger partial charge in [0.2, 0.25) is 0 Å². The Kier molecular flexibility index (Phi) is 6.27. The molecule has 2 amide bonds. The fourth-order valence-electron chi connectivity index (χ4n) is 0.452. The van der Waals surface area contributed by atoms with Crippen LogP contribution in [-0.2, 0) is 0 Å². The molecule has 0 fully saturated rings. The standard InChI is InChI=1S/C6H11N5OS/c1-8-6(13)11-10-5(12)9-4-2-3-7/h2,4H2,1H3,(H2,8,11,13)(H2,9,10,12). The van der Waals surface area contributed by atoms with Crippen LogP contribution in [0.5, 0.6) is 0 Å². The lowest BCUT2D eigenvalue weighted by molar-refractivity contribution is 0.239. The molecule has 0 saturated heterocycles. The van der Waals surface area contributed by atoms with Gasteiger partial charge in [0.1, 0.15) is 0 Å². The highest BCUT2D eigenvalue weighted by Gasteiger charge is 1.97. The third-order valence-corrected chi connectivity index (χ3v) is 1.35. The van der Waals surface area contributed by atoms with Crippen LogP contribution in [0.2, 0.25) is 0 Å². The minimum atomic E-state index is -0.423. The largest absolute Gasteiger partial charge is 0.364 e. The second-order valence-electron chi connectivity index (χ2n) is 1.99. The summed E-state index contributed by atoms with van der Waals surface area (Å²) in [6.45, 7) is 0.316. The van der Waals surface area contributed by atoms with Gasteiger partial charge in [0.05, 0.1) is 12.5 Å². The molecule has 0 aromatic carbocycles. The van der Waals surface area contributed by atoms with E-state index in [1.807, 2.05) is 6.07 Å². The van der Waals surface area contributed by atoms with Crippen molar-refractivity contribution in [2.75, 3.05) is 13.6 Å². The number of urea groups is 1. The maximum atomic E-state index is 10.9. The van der Waals surface area contributed by atoms with Crippen molar-refractivity contribution in [1.29, 1.82) is 5.26 Å². The van der Waals surface area contributed by atoms with Gasteiger partial charge in [-0.05, 0) is 12.2 Å². The van der Waals surface area contributed by atoms with Gasteiger partial charge in [0.25, 0.3) is 0 Å². The Balaban J connectivity index is 3.42. The summed E-state index contributed by atoms with van der Waals surface area (Å²) in [5, 5.41) is 13.5. The van der Waals surface area contributed by atoms with Gasteiger partial charge >= 0.3 is 6.03 Å².